The number of benzene rings is 12. The van der Waals surface area contributed by atoms with Gasteiger partial charge in [0.25, 0.3) is 0 Å². The first-order chi connectivity index (χ1) is 37.6. The Bertz CT molecular complexity index is 4670. The Labute approximate surface area is 439 Å². The lowest BCUT2D eigenvalue weighted by atomic mass is 9.93. The molecule has 0 amide bonds. The van der Waals surface area contributed by atoms with E-state index < -0.39 is 0 Å². The molecule has 0 bridgehead atoms. The van der Waals surface area contributed by atoms with E-state index in [1.54, 1.807) is 0 Å². The lowest BCUT2D eigenvalue weighted by Crippen LogP contribution is -1.96. The van der Waals surface area contributed by atoms with E-state index in [0.29, 0.717) is 5.82 Å². The van der Waals surface area contributed by atoms with Gasteiger partial charge in [0.1, 0.15) is 11.2 Å². The second-order valence-corrected chi connectivity index (χ2v) is 19.7. The molecule has 0 aliphatic heterocycles. The van der Waals surface area contributed by atoms with Gasteiger partial charge in [-0.15, -0.1) is 0 Å². The van der Waals surface area contributed by atoms with E-state index in [0.717, 1.165) is 105 Å². The Hall–Kier alpha value is -10.2. The van der Waals surface area contributed by atoms with E-state index >= 15 is 0 Å². The number of nitrogens with zero attached hydrogens (tertiary/aromatic N) is 3. The smallest absolute Gasteiger partial charge is 0.160 e. The summed E-state index contributed by atoms with van der Waals surface area (Å²) in [5, 5.41) is 8.03. The van der Waals surface area contributed by atoms with Gasteiger partial charge in [0.2, 0.25) is 0 Å². The van der Waals surface area contributed by atoms with Gasteiger partial charge in [-0.3, -0.25) is 0 Å². The second-order valence-electron chi connectivity index (χ2n) is 19.7. The van der Waals surface area contributed by atoms with Crippen molar-refractivity contribution in [3.63, 3.8) is 0 Å². The maximum Gasteiger partial charge on any atom is 0.160 e. The molecule has 0 spiro atoms. The van der Waals surface area contributed by atoms with Crippen LogP contribution in [0.15, 0.2) is 277 Å². The normalized spacial score (nSPS) is 11.7. The lowest BCUT2D eigenvalue weighted by Gasteiger charge is -2.14. The van der Waals surface area contributed by atoms with Crippen LogP contribution in [0.5, 0.6) is 0 Å². The molecule has 0 unspecified atom stereocenters. The molecule has 0 aliphatic carbocycles. The molecule has 3 aromatic heterocycles. The van der Waals surface area contributed by atoms with Crippen LogP contribution < -0.4 is 0 Å². The quantitative estimate of drug-likeness (QED) is 0.152. The third-order valence-electron chi connectivity index (χ3n) is 15.2. The minimum Gasteiger partial charge on any atom is -0.456 e. The van der Waals surface area contributed by atoms with Crippen LogP contribution in [0.3, 0.4) is 0 Å². The van der Waals surface area contributed by atoms with Gasteiger partial charge in [-0.2, -0.15) is 0 Å². The van der Waals surface area contributed by atoms with Gasteiger partial charge in [0.15, 0.2) is 5.82 Å². The SMILES string of the molecule is c1ccc(-c2cc(-c3ccccc3)cc(-c3nc(-c4ccccc4)nc4cc(-c5cccc6oc7ccc(-c8ccc9c(c8)c8c%10ccccc%10ccc8n9-c8cccc(-c9ccccc9)c8)cc7c56)ccc34)c2)cc1. The van der Waals surface area contributed by atoms with Crippen molar-refractivity contribution >= 4 is 65.4 Å². The lowest BCUT2D eigenvalue weighted by molar-refractivity contribution is 0.669. The Kier molecular flexibility index (Phi) is 10.2. The van der Waals surface area contributed by atoms with E-state index in [9.17, 15) is 0 Å². The standard InChI is InChI=1S/C72H45N3O/c1-5-17-46(18-6-1)51-26-15-27-58(42-51)75-65-36-33-52(43-62(65)69-59-28-14-13-23-49(59)32-37-66(69)75)53-34-38-67-63(44-53)70-60(29-16-30-68(70)76-67)54-31-35-61-64(45-54)73-72(50-24-11-4-12-25-50)74-71(61)57-40-55(47-19-7-2-8-20-47)39-56(41-57)48-21-9-3-10-22-48/h1-45H. The van der Waals surface area contributed by atoms with Crippen LogP contribution >= 0.6 is 0 Å². The Morgan fingerprint density at radius 2 is 0.868 bits per heavy atom. The average molecular weight is 968 g/mol. The van der Waals surface area contributed by atoms with Gasteiger partial charge in [-0.25, -0.2) is 9.97 Å². The predicted octanol–water partition coefficient (Wildman–Crippen LogP) is 19.4. The van der Waals surface area contributed by atoms with Crippen molar-refractivity contribution in [2.75, 3.05) is 0 Å². The molecule has 15 rings (SSSR count). The summed E-state index contributed by atoms with van der Waals surface area (Å²) < 4.78 is 9.11. The molecule has 0 N–H and O–H groups in total. The summed E-state index contributed by atoms with van der Waals surface area (Å²) in [5.74, 6) is 0.678. The summed E-state index contributed by atoms with van der Waals surface area (Å²) in [6.07, 6.45) is 0. The van der Waals surface area contributed by atoms with E-state index in [4.69, 9.17) is 14.4 Å². The zero-order valence-electron chi connectivity index (χ0n) is 41.2. The first kappa shape index (κ1) is 43.4. The maximum absolute atomic E-state index is 6.68. The number of rotatable bonds is 8. The van der Waals surface area contributed by atoms with Crippen molar-refractivity contribution in [1.29, 1.82) is 0 Å². The fraction of sp³-hybridized carbons (Fsp3) is 0. The number of fused-ring (bicyclic) bond motifs is 9. The maximum atomic E-state index is 6.68. The number of hydrogen-bond acceptors (Lipinski definition) is 3. The van der Waals surface area contributed by atoms with Gasteiger partial charge in [-0.05, 0) is 145 Å². The zero-order valence-corrected chi connectivity index (χ0v) is 41.2. The van der Waals surface area contributed by atoms with E-state index in [2.05, 4.69) is 259 Å². The molecule has 0 saturated heterocycles. The highest BCUT2D eigenvalue weighted by molar-refractivity contribution is 6.22. The molecule has 0 aliphatic rings. The third kappa shape index (κ3) is 7.38. The van der Waals surface area contributed by atoms with Gasteiger partial charge >= 0.3 is 0 Å². The summed E-state index contributed by atoms with van der Waals surface area (Å²) in [6.45, 7) is 0. The van der Waals surface area contributed by atoms with Crippen LogP contribution in [0.2, 0.25) is 0 Å². The van der Waals surface area contributed by atoms with E-state index in [-0.39, 0.29) is 0 Å². The molecular formula is C72H45N3O. The monoisotopic (exact) mass is 967 g/mol. The molecule has 12 aromatic carbocycles. The average Bonchev–Trinajstić information content (AvgIpc) is 4.10. The molecule has 0 fully saturated rings. The first-order valence-electron chi connectivity index (χ1n) is 25.9. The first-order valence-corrected chi connectivity index (χ1v) is 25.9. The number of aromatic nitrogens is 3. The highest BCUT2D eigenvalue weighted by Crippen LogP contribution is 2.44. The second kappa shape index (κ2) is 17.8. The van der Waals surface area contributed by atoms with Crippen molar-refractivity contribution in [3.05, 3.63) is 273 Å². The van der Waals surface area contributed by atoms with Crippen LogP contribution in [0.4, 0.5) is 0 Å². The minimum absolute atomic E-state index is 0.678. The fourth-order valence-electron chi connectivity index (χ4n) is 11.5. The molecule has 354 valence electrons. The molecule has 0 radical (unpaired) electrons. The summed E-state index contributed by atoms with van der Waals surface area (Å²) in [6, 6.07) is 97.7. The van der Waals surface area contributed by atoms with Crippen LogP contribution in [-0.4, -0.2) is 14.5 Å². The van der Waals surface area contributed by atoms with Gasteiger partial charge in [0.05, 0.1) is 22.2 Å². The van der Waals surface area contributed by atoms with Gasteiger partial charge in [-0.1, -0.05) is 194 Å². The van der Waals surface area contributed by atoms with Crippen LogP contribution in [0.25, 0.3) is 149 Å². The molecule has 0 atom stereocenters. The summed E-state index contributed by atoms with van der Waals surface area (Å²) >= 11 is 0. The van der Waals surface area contributed by atoms with Gasteiger partial charge < -0.3 is 8.98 Å². The molecular weight excluding hydrogens is 923 g/mol. The highest BCUT2D eigenvalue weighted by Gasteiger charge is 2.20. The topological polar surface area (TPSA) is 43.9 Å². The molecule has 4 heteroatoms. The largest absolute Gasteiger partial charge is 0.456 e. The van der Waals surface area contributed by atoms with Gasteiger partial charge in [0, 0.05) is 43.7 Å². The van der Waals surface area contributed by atoms with Crippen molar-refractivity contribution < 1.29 is 4.42 Å². The Balaban J connectivity index is 0.888. The molecule has 0 saturated carbocycles. The predicted molar refractivity (Wildman–Crippen MR) is 317 cm³/mol. The Morgan fingerprint density at radius 1 is 0.289 bits per heavy atom. The summed E-state index contributed by atoms with van der Waals surface area (Å²) in [4.78, 5) is 10.7. The third-order valence-corrected chi connectivity index (χ3v) is 15.2. The number of hydrogen-bond donors (Lipinski definition) is 0. The molecule has 4 nitrogen and oxygen atoms in total. The van der Waals surface area contributed by atoms with Crippen molar-refractivity contribution in [2.45, 2.75) is 0 Å². The summed E-state index contributed by atoms with van der Waals surface area (Å²) in [7, 11) is 0. The number of furan rings is 1. The van der Waals surface area contributed by atoms with Crippen LogP contribution in [0.1, 0.15) is 0 Å². The molecule has 76 heavy (non-hydrogen) atoms. The minimum atomic E-state index is 0.678. The van der Waals surface area contributed by atoms with Crippen molar-refractivity contribution in [2.24, 2.45) is 0 Å². The van der Waals surface area contributed by atoms with E-state index in [1.807, 2.05) is 18.2 Å². The molecule has 15 aromatic rings. The van der Waals surface area contributed by atoms with Crippen molar-refractivity contribution in [3.8, 4) is 84.0 Å². The zero-order chi connectivity index (χ0) is 50.1. The van der Waals surface area contributed by atoms with Crippen molar-refractivity contribution in [1.82, 2.24) is 14.5 Å². The van der Waals surface area contributed by atoms with E-state index in [1.165, 1.54) is 38.2 Å². The molecule has 3 heterocycles. The van der Waals surface area contributed by atoms with Crippen LogP contribution in [-0.2, 0) is 0 Å². The fourth-order valence-corrected chi connectivity index (χ4v) is 11.5. The Morgan fingerprint density at radius 3 is 1.61 bits per heavy atom. The van der Waals surface area contributed by atoms with Crippen LogP contribution in [0, 0.1) is 0 Å². The summed E-state index contributed by atoms with van der Waals surface area (Å²) in [5.41, 5.74) is 20.2. The highest BCUT2D eigenvalue weighted by atomic mass is 16.3.